The molecule has 0 bridgehead atoms. The number of halogens is 1. The zero-order chi connectivity index (χ0) is 17.4. The van der Waals surface area contributed by atoms with Gasteiger partial charge in [-0.05, 0) is 24.6 Å². The molecule has 3 amide bonds. The van der Waals surface area contributed by atoms with Gasteiger partial charge in [0.25, 0.3) is 5.91 Å². The lowest BCUT2D eigenvalue weighted by atomic mass is 10.0. The molecule has 1 aromatic rings. The number of hydrogen-bond donors (Lipinski definition) is 1. The average Bonchev–Trinajstić information content (AvgIpc) is 2.89. The Morgan fingerprint density at radius 3 is 2.58 bits per heavy atom. The second kappa shape index (κ2) is 6.43. The van der Waals surface area contributed by atoms with Crippen LogP contribution in [0.2, 0.25) is 5.02 Å². The van der Waals surface area contributed by atoms with Crippen molar-refractivity contribution in [2.24, 2.45) is 5.92 Å². The Morgan fingerprint density at radius 1 is 1.25 bits per heavy atom. The van der Waals surface area contributed by atoms with Crippen LogP contribution in [0, 0.1) is 12.8 Å². The Balaban J connectivity index is 1.59. The van der Waals surface area contributed by atoms with Crippen LogP contribution in [0.1, 0.15) is 22.3 Å². The summed E-state index contributed by atoms with van der Waals surface area (Å²) in [6, 6.07) is 5.26. The van der Waals surface area contributed by atoms with Gasteiger partial charge in [-0.25, -0.2) is 0 Å². The van der Waals surface area contributed by atoms with E-state index in [1.54, 1.807) is 29.0 Å². The number of benzene rings is 1. The van der Waals surface area contributed by atoms with E-state index in [1.165, 1.54) is 0 Å². The fraction of sp³-hybridized carbons (Fsp3) is 0.471. The molecule has 0 spiro atoms. The van der Waals surface area contributed by atoms with E-state index in [-0.39, 0.29) is 36.1 Å². The molecule has 2 aliphatic heterocycles. The topological polar surface area (TPSA) is 69.7 Å². The molecule has 2 saturated heterocycles. The highest BCUT2D eigenvalue weighted by Crippen LogP contribution is 2.26. The molecule has 0 aromatic heterocycles. The minimum absolute atomic E-state index is 0.00275. The number of rotatable bonds is 3. The van der Waals surface area contributed by atoms with E-state index >= 15 is 0 Å². The third kappa shape index (κ3) is 2.98. The van der Waals surface area contributed by atoms with Crippen molar-refractivity contribution in [2.75, 3.05) is 26.7 Å². The van der Waals surface area contributed by atoms with Crippen LogP contribution in [0.5, 0.6) is 0 Å². The van der Waals surface area contributed by atoms with Crippen LogP contribution in [-0.2, 0) is 9.59 Å². The summed E-state index contributed by atoms with van der Waals surface area (Å²) in [6.07, 6.45) is 0.248. The van der Waals surface area contributed by atoms with Crippen molar-refractivity contribution < 1.29 is 14.4 Å². The standard InChI is InChI=1S/C17H20ClN3O3/c1-10-3-4-11(5-14(10)18)17(24)20-8-13(9-20)21-7-12(6-15(21)22)16(23)19-2/h3-5,12-13H,6-9H2,1-2H3,(H,19,23). The lowest BCUT2D eigenvalue weighted by Crippen LogP contribution is -2.61. The van der Waals surface area contributed by atoms with Gasteiger partial charge in [-0.2, -0.15) is 0 Å². The third-order valence-corrected chi connectivity index (χ3v) is 5.19. The van der Waals surface area contributed by atoms with Crippen LogP contribution < -0.4 is 5.32 Å². The summed E-state index contributed by atoms with van der Waals surface area (Å²) in [6.45, 7) is 3.31. The first-order chi connectivity index (χ1) is 11.4. The number of carbonyl (C=O) groups is 3. The number of nitrogens with zero attached hydrogens (tertiary/aromatic N) is 2. The van der Waals surface area contributed by atoms with E-state index < -0.39 is 0 Å². The van der Waals surface area contributed by atoms with Gasteiger partial charge in [0.2, 0.25) is 11.8 Å². The molecule has 2 fully saturated rings. The molecule has 24 heavy (non-hydrogen) atoms. The molecular formula is C17H20ClN3O3. The number of aryl methyl sites for hydroxylation is 1. The van der Waals surface area contributed by atoms with E-state index in [2.05, 4.69) is 5.32 Å². The molecule has 1 aromatic carbocycles. The van der Waals surface area contributed by atoms with Gasteiger partial charge < -0.3 is 15.1 Å². The highest BCUT2D eigenvalue weighted by molar-refractivity contribution is 6.31. The van der Waals surface area contributed by atoms with Gasteiger partial charge >= 0.3 is 0 Å². The van der Waals surface area contributed by atoms with Crippen molar-refractivity contribution in [3.05, 3.63) is 34.3 Å². The number of carbonyl (C=O) groups excluding carboxylic acids is 3. The summed E-state index contributed by atoms with van der Waals surface area (Å²) >= 11 is 6.07. The van der Waals surface area contributed by atoms with Gasteiger partial charge in [-0.3, -0.25) is 14.4 Å². The van der Waals surface area contributed by atoms with E-state index in [4.69, 9.17) is 11.6 Å². The maximum atomic E-state index is 12.5. The molecule has 6 nitrogen and oxygen atoms in total. The van der Waals surface area contributed by atoms with E-state index in [0.717, 1.165) is 5.56 Å². The summed E-state index contributed by atoms with van der Waals surface area (Å²) < 4.78 is 0. The SMILES string of the molecule is CNC(=O)C1CC(=O)N(C2CN(C(=O)c3ccc(C)c(Cl)c3)C2)C1. The Kier molecular flexibility index (Phi) is 4.49. The lowest BCUT2D eigenvalue weighted by Gasteiger charge is -2.44. The zero-order valence-corrected chi connectivity index (χ0v) is 14.5. The van der Waals surface area contributed by atoms with Gasteiger partial charge in [-0.1, -0.05) is 17.7 Å². The molecular weight excluding hydrogens is 330 g/mol. The van der Waals surface area contributed by atoms with E-state index in [1.807, 2.05) is 13.0 Å². The maximum absolute atomic E-state index is 12.5. The van der Waals surface area contributed by atoms with E-state index in [9.17, 15) is 14.4 Å². The molecule has 0 radical (unpaired) electrons. The zero-order valence-electron chi connectivity index (χ0n) is 13.7. The largest absolute Gasteiger partial charge is 0.359 e. The molecule has 128 valence electrons. The summed E-state index contributed by atoms with van der Waals surface area (Å²) in [7, 11) is 1.58. The maximum Gasteiger partial charge on any atom is 0.254 e. The van der Waals surface area contributed by atoms with Gasteiger partial charge in [0.15, 0.2) is 0 Å². The molecule has 2 heterocycles. The van der Waals surface area contributed by atoms with Crippen LogP contribution in [0.4, 0.5) is 0 Å². The van der Waals surface area contributed by atoms with Crippen LogP contribution >= 0.6 is 11.6 Å². The first-order valence-electron chi connectivity index (χ1n) is 7.97. The van der Waals surface area contributed by atoms with Crippen molar-refractivity contribution in [1.29, 1.82) is 0 Å². The first-order valence-corrected chi connectivity index (χ1v) is 8.35. The molecule has 1 unspecified atom stereocenters. The van der Waals surface area contributed by atoms with Gasteiger partial charge in [0.05, 0.1) is 12.0 Å². The minimum atomic E-state index is -0.289. The quantitative estimate of drug-likeness (QED) is 0.887. The Morgan fingerprint density at radius 2 is 1.96 bits per heavy atom. The van der Waals surface area contributed by atoms with Crippen molar-refractivity contribution in [1.82, 2.24) is 15.1 Å². The second-order valence-electron chi connectivity index (χ2n) is 6.39. The van der Waals surface area contributed by atoms with Crippen molar-refractivity contribution in [3.63, 3.8) is 0 Å². The van der Waals surface area contributed by atoms with Crippen LogP contribution in [0.3, 0.4) is 0 Å². The van der Waals surface area contributed by atoms with Crippen LogP contribution in [0.25, 0.3) is 0 Å². The first kappa shape index (κ1) is 16.8. The summed E-state index contributed by atoms with van der Waals surface area (Å²) in [5.41, 5.74) is 1.48. The van der Waals surface area contributed by atoms with Gasteiger partial charge in [0.1, 0.15) is 0 Å². The van der Waals surface area contributed by atoms with Gasteiger partial charge in [0, 0.05) is 43.7 Å². The predicted octanol–water partition coefficient (Wildman–Crippen LogP) is 1.07. The third-order valence-electron chi connectivity index (χ3n) is 4.78. The molecule has 7 heteroatoms. The Bertz CT molecular complexity index is 700. The van der Waals surface area contributed by atoms with Crippen molar-refractivity contribution >= 4 is 29.3 Å². The minimum Gasteiger partial charge on any atom is -0.359 e. The van der Waals surface area contributed by atoms with Crippen molar-refractivity contribution in [3.8, 4) is 0 Å². The highest BCUT2D eigenvalue weighted by Gasteiger charge is 2.43. The van der Waals surface area contributed by atoms with E-state index in [0.29, 0.717) is 30.2 Å². The number of amides is 3. The molecule has 1 atom stereocenters. The number of likely N-dealkylation sites (tertiary alicyclic amines) is 2. The van der Waals surface area contributed by atoms with Crippen molar-refractivity contribution in [2.45, 2.75) is 19.4 Å². The molecule has 3 rings (SSSR count). The normalized spacial score (nSPS) is 21.0. The predicted molar refractivity (Wildman–Crippen MR) is 89.8 cm³/mol. The summed E-state index contributed by atoms with van der Waals surface area (Å²) in [5.74, 6) is -0.489. The van der Waals surface area contributed by atoms with Crippen LogP contribution in [-0.4, -0.2) is 60.2 Å². The second-order valence-corrected chi connectivity index (χ2v) is 6.80. The number of hydrogen-bond acceptors (Lipinski definition) is 3. The monoisotopic (exact) mass is 349 g/mol. The summed E-state index contributed by atoms with van der Waals surface area (Å²) in [5, 5.41) is 3.16. The van der Waals surface area contributed by atoms with Crippen LogP contribution in [0.15, 0.2) is 18.2 Å². The number of nitrogens with one attached hydrogen (secondary N) is 1. The Labute approximate surface area is 145 Å². The fourth-order valence-electron chi connectivity index (χ4n) is 3.19. The fourth-order valence-corrected chi connectivity index (χ4v) is 3.37. The average molecular weight is 350 g/mol. The lowest BCUT2D eigenvalue weighted by molar-refractivity contribution is -0.132. The molecule has 0 aliphatic carbocycles. The summed E-state index contributed by atoms with van der Waals surface area (Å²) in [4.78, 5) is 39.7. The molecule has 2 aliphatic rings. The molecule has 1 N–H and O–H groups in total. The smallest absolute Gasteiger partial charge is 0.254 e. The van der Waals surface area contributed by atoms with Gasteiger partial charge in [-0.15, -0.1) is 0 Å². The Hall–Kier alpha value is -2.08. The molecule has 0 saturated carbocycles. The highest BCUT2D eigenvalue weighted by atomic mass is 35.5.